The van der Waals surface area contributed by atoms with Crippen molar-refractivity contribution in [1.82, 2.24) is 0 Å². The Bertz CT molecular complexity index is 834. The van der Waals surface area contributed by atoms with Crippen LogP contribution < -0.4 is 0 Å². The Morgan fingerprint density at radius 1 is 0.963 bits per heavy atom. The summed E-state index contributed by atoms with van der Waals surface area (Å²) >= 11 is 0. The summed E-state index contributed by atoms with van der Waals surface area (Å²) < 4.78 is 4.66. The first-order valence-corrected chi connectivity index (χ1v) is 8.80. The molecule has 0 aliphatic rings. The van der Waals surface area contributed by atoms with Gasteiger partial charge in [0, 0.05) is 17.5 Å². The van der Waals surface area contributed by atoms with E-state index in [-0.39, 0.29) is 28.3 Å². The number of aromatic carboxylic acids is 1. The number of hydrogen-bond donors (Lipinski definition) is 1. The molecular formula is C22H24O5. The fourth-order valence-corrected chi connectivity index (χ4v) is 3.02. The Labute approximate surface area is 159 Å². The fourth-order valence-electron chi connectivity index (χ4n) is 3.02. The number of carboxylic acids is 1. The average molecular weight is 368 g/mol. The van der Waals surface area contributed by atoms with E-state index in [0.717, 1.165) is 12.0 Å². The van der Waals surface area contributed by atoms with Gasteiger partial charge in [0.15, 0.2) is 5.78 Å². The first-order valence-electron chi connectivity index (χ1n) is 8.80. The molecule has 0 fully saturated rings. The number of carboxylic acid groups (broad SMARTS) is 1. The lowest BCUT2D eigenvalue weighted by molar-refractivity contribution is -0.140. The van der Waals surface area contributed by atoms with Crippen molar-refractivity contribution in [3.05, 3.63) is 70.8 Å². The van der Waals surface area contributed by atoms with E-state index in [0.29, 0.717) is 18.4 Å². The van der Waals surface area contributed by atoms with Crippen LogP contribution in [0.3, 0.4) is 0 Å². The minimum absolute atomic E-state index is 0.00489. The van der Waals surface area contributed by atoms with Crippen molar-refractivity contribution >= 4 is 17.7 Å². The molecule has 5 heteroatoms. The summed E-state index contributed by atoms with van der Waals surface area (Å²) in [6.45, 7) is 4.17. The molecule has 27 heavy (non-hydrogen) atoms. The van der Waals surface area contributed by atoms with Gasteiger partial charge in [0.05, 0.1) is 12.7 Å². The van der Waals surface area contributed by atoms with Crippen LogP contribution in [-0.2, 0) is 14.9 Å². The summed E-state index contributed by atoms with van der Waals surface area (Å²) in [6.07, 6.45) is 1.89. The number of rotatable bonds is 8. The molecule has 0 spiro atoms. The first-order chi connectivity index (χ1) is 12.8. The molecule has 2 rings (SSSR count). The molecule has 0 atom stereocenters. The number of ketones is 1. The molecule has 0 saturated carbocycles. The van der Waals surface area contributed by atoms with Gasteiger partial charge < -0.3 is 9.84 Å². The van der Waals surface area contributed by atoms with Crippen molar-refractivity contribution in [3.8, 4) is 0 Å². The quantitative estimate of drug-likeness (QED) is 0.557. The second-order valence-electron chi connectivity index (χ2n) is 7.07. The van der Waals surface area contributed by atoms with Gasteiger partial charge in [-0.05, 0) is 29.9 Å². The summed E-state index contributed by atoms with van der Waals surface area (Å²) in [7, 11) is 1.38. The van der Waals surface area contributed by atoms with Crippen molar-refractivity contribution in [1.29, 1.82) is 0 Å². The zero-order chi connectivity index (χ0) is 20.0. The van der Waals surface area contributed by atoms with Crippen molar-refractivity contribution < 1.29 is 24.2 Å². The average Bonchev–Trinajstić information content (AvgIpc) is 2.67. The number of esters is 1. The van der Waals surface area contributed by atoms with Crippen LogP contribution in [0.4, 0.5) is 0 Å². The summed E-state index contributed by atoms with van der Waals surface area (Å²) in [5.74, 6) is -1.66. The topological polar surface area (TPSA) is 80.7 Å². The van der Waals surface area contributed by atoms with Crippen LogP contribution in [-0.4, -0.2) is 29.9 Å². The lowest BCUT2D eigenvalue weighted by Gasteiger charge is -2.25. The molecule has 0 bridgehead atoms. The van der Waals surface area contributed by atoms with E-state index in [1.54, 1.807) is 24.3 Å². The summed E-state index contributed by atoms with van der Waals surface area (Å²) in [5, 5.41) is 9.27. The maximum absolute atomic E-state index is 12.7. The molecule has 0 radical (unpaired) electrons. The summed E-state index contributed by atoms with van der Waals surface area (Å²) in [4.78, 5) is 35.3. The Hall–Kier alpha value is -2.95. The number of ether oxygens (including phenoxy) is 1. The van der Waals surface area contributed by atoms with Gasteiger partial charge in [-0.1, -0.05) is 56.3 Å². The van der Waals surface area contributed by atoms with Gasteiger partial charge >= 0.3 is 11.9 Å². The third kappa shape index (κ3) is 5.03. The molecule has 1 N–H and O–H groups in total. The fraction of sp³-hybridized carbons (Fsp3) is 0.318. The highest BCUT2D eigenvalue weighted by atomic mass is 16.5. The largest absolute Gasteiger partial charge is 0.478 e. The summed E-state index contributed by atoms with van der Waals surface area (Å²) in [6, 6.07) is 13.4. The van der Waals surface area contributed by atoms with Crippen molar-refractivity contribution in [2.75, 3.05) is 7.11 Å². The number of methoxy groups -OCH3 is 1. The van der Waals surface area contributed by atoms with Crippen LogP contribution in [0.2, 0.25) is 0 Å². The predicted octanol–water partition coefficient (Wildman–Crippen LogP) is 4.24. The molecule has 0 aromatic heterocycles. The predicted molar refractivity (Wildman–Crippen MR) is 102 cm³/mol. The number of benzene rings is 2. The van der Waals surface area contributed by atoms with Crippen LogP contribution in [0.1, 0.15) is 65.0 Å². The van der Waals surface area contributed by atoms with Crippen LogP contribution in [0.5, 0.6) is 0 Å². The van der Waals surface area contributed by atoms with E-state index >= 15 is 0 Å². The van der Waals surface area contributed by atoms with Gasteiger partial charge in [-0.25, -0.2) is 4.79 Å². The molecule has 0 heterocycles. The lowest BCUT2D eigenvalue weighted by atomic mass is 9.79. The van der Waals surface area contributed by atoms with Gasteiger partial charge in [0.25, 0.3) is 0 Å². The van der Waals surface area contributed by atoms with Gasteiger partial charge in [-0.3, -0.25) is 9.59 Å². The van der Waals surface area contributed by atoms with Gasteiger partial charge in [-0.15, -0.1) is 0 Å². The zero-order valence-electron chi connectivity index (χ0n) is 15.8. The monoisotopic (exact) mass is 368 g/mol. The lowest BCUT2D eigenvalue weighted by Crippen LogP contribution is -2.18. The van der Waals surface area contributed by atoms with Gasteiger partial charge in [0.1, 0.15) is 0 Å². The molecule has 2 aromatic rings. The number of hydrogen-bond acceptors (Lipinski definition) is 4. The van der Waals surface area contributed by atoms with Crippen LogP contribution >= 0.6 is 0 Å². The minimum Gasteiger partial charge on any atom is -0.478 e. The van der Waals surface area contributed by atoms with E-state index in [2.05, 4.69) is 18.6 Å². The zero-order valence-corrected chi connectivity index (χ0v) is 15.8. The smallest absolute Gasteiger partial charge is 0.336 e. The Morgan fingerprint density at radius 3 is 2.11 bits per heavy atom. The number of carbonyl (C=O) groups excluding carboxylic acids is 2. The molecule has 0 amide bonds. The Kier molecular flexibility index (Phi) is 6.50. The molecule has 0 saturated heterocycles. The second-order valence-corrected chi connectivity index (χ2v) is 7.07. The normalized spacial score (nSPS) is 11.1. The highest BCUT2D eigenvalue weighted by Gasteiger charge is 2.22. The van der Waals surface area contributed by atoms with E-state index in [9.17, 15) is 19.5 Å². The summed E-state index contributed by atoms with van der Waals surface area (Å²) in [5.41, 5.74) is 1.51. The standard InChI is InChI=1S/C22H24O5/c1-22(2,14-6-9-19(23)27-3)16-12-10-15(11-13-16)20(24)17-7-4-5-8-18(17)21(25)26/h4-5,7-8,10-13H,6,9,14H2,1-3H3,(H,25,26). The van der Waals surface area contributed by atoms with Crippen molar-refractivity contribution in [3.63, 3.8) is 0 Å². The molecule has 0 aliphatic carbocycles. The van der Waals surface area contributed by atoms with E-state index in [1.165, 1.54) is 19.2 Å². The van der Waals surface area contributed by atoms with Crippen LogP contribution in [0.25, 0.3) is 0 Å². The molecule has 2 aromatic carbocycles. The third-order valence-electron chi connectivity index (χ3n) is 4.74. The van der Waals surface area contributed by atoms with E-state index in [1.807, 2.05) is 12.1 Å². The molecule has 142 valence electrons. The highest BCUT2D eigenvalue weighted by Crippen LogP contribution is 2.29. The first kappa shape index (κ1) is 20.4. The van der Waals surface area contributed by atoms with E-state index < -0.39 is 5.97 Å². The maximum atomic E-state index is 12.7. The van der Waals surface area contributed by atoms with Crippen LogP contribution in [0.15, 0.2) is 48.5 Å². The van der Waals surface area contributed by atoms with Crippen LogP contribution in [0, 0.1) is 0 Å². The maximum Gasteiger partial charge on any atom is 0.336 e. The highest BCUT2D eigenvalue weighted by molar-refractivity contribution is 6.14. The Morgan fingerprint density at radius 2 is 1.56 bits per heavy atom. The van der Waals surface area contributed by atoms with Crippen molar-refractivity contribution in [2.24, 2.45) is 0 Å². The molecule has 0 aliphatic heterocycles. The molecule has 0 unspecified atom stereocenters. The molecule has 5 nitrogen and oxygen atoms in total. The van der Waals surface area contributed by atoms with Gasteiger partial charge in [-0.2, -0.15) is 0 Å². The minimum atomic E-state index is -1.12. The Balaban J connectivity index is 2.16. The SMILES string of the molecule is COC(=O)CCCC(C)(C)c1ccc(C(=O)c2ccccc2C(=O)O)cc1. The van der Waals surface area contributed by atoms with Crippen molar-refractivity contribution in [2.45, 2.75) is 38.5 Å². The second kappa shape index (κ2) is 8.62. The van der Waals surface area contributed by atoms with E-state index in [4.69, 9.17) is 0 Å². The third-order valence-corrected chi connectivity index (χ3v) is 4.74. The van der Waals surface area contributed by atoms with Gasteiger partial charge in [0.2, 0.25) is 0 Å². The molecular weight excluding hydrogens is 344 g/mol. The number of carbonyl (C=O) groups is 3.